The molecule has 3 aromatic rings. The molecule has 0 bridgehead atoms. The van der Waals surface area contributed by atoms with Crippen molar-refractivity contribution in [1.29, 1.82) is 0 Å². The molecule has 7 heteroatoms. The lowest BCUT2D eigenvalue weighted by atomic mass is 10.1. The number of rotatable bonds is 4. The van der Waals surface area contributed by atoms with Gasteiger partial charge in [0, 0.05) is 35.0 Å². The Kier molecular flexibility index (Phi) is 3.97. The number of nitrogens with one attached hydrogen (secondary N) is 1. The second-order valence-electron chi connectivity index (χ2n) is 4.68. The molecule has 0 aliphatic carbocycles. The molecule has 0 atom stereocenters. The molecule has 0 saturated carbocycles. The Hall–Kier alpha value is -2.54. The first-order chi connectivity index (χ1) is 10.6. The van der Waals surface area contributed by atoms with E-state index in [0.717, 1.165) is 20.8 Å². The molecule has 1 aromatic carbocycles. The molecule has 0 amide bonds. The van der Waals surface area contributed by atoms with Crippen LogP contribution in [0.3, 0.4) is 0 Å². The van der Waals surface area contributed by atoms with Gasteiger partial charge >= 0.3 is 5.69 Å². The zero-order valence-corrected chi connectivity index (χ0v) is 12.9. The van der Waals surface area contributed by atoms with Crippen molar-refractivity contribution in [2.24, 2.45) is 0 Å². The lowest BCUT2D eigenvalue weighted by Gasteiger charge is -2.08. The quantitative estimate of drug-likeness (QED) is 0.564. The van der Waals surface area contributed by atoms with Crippen LogP contribution in [0, 0.1) is 10.1 Å². The third-order valence-corrected chi connectivity index (χ3v) is 3.89. The topological polar surface area (TPSA) is 81.0 Å². The molecule has 0 aliphatic heterocycles. The maximum Gasteiger partial charge on any atom is 0.310 e. The normalized spacial score (nSPS) is 10.6. The Labute approximate surface area is 134 Å². The van der Waals surface area contributed by atoms with Crippen molar-refractivity contribution in [2.45, 2.75) is 6.54 Å². The summed E-state index contributed by atoms with van der Waals surface area (Å²) in [5.41, 5.74) is 1.44. The Balaban J connectivity index is 1.85. The van der Waals surface area contributed by atoms with Gasteiger partial charge in [0.2, 0.25) is 0 Å². The number of halogens is 1. The van der Waals surface area contributed by atoms with E-state index < -0.39 is 4.92 Å². The van der Waals surface area contributed by atoms with E-state index >= 15 is 0 Å². The number of nitro groups is 1. The molecule has 3 rings (SSSR count). The van der Waals surface area contributed by atoms with Gasteiger partial charge in [0.25, 0.3) is 0 Å². The average Bonchev–Trinajstić information content (AvgIpc) is 2.53. The SMILES string of the molecule is O=[N+]([O-])c1cnccc1NCc1ccc2cncc(Br)c2c1. The van der Waals surface area contributed by atoms with Crippen LogP contribution >= 0.6 is 15.9 Å². The van der Waals surface area contributed by atoms with Crippen LogP contribution in [0.1, 0.15) is 5.56 Å². The van der Waals surface area contributed by atoms with Crippen LogP contribution in [0.2, 0.25) is 0 Å². The molecule has 2 heterocycles. The number of nitrogens with zero attached hydrogens (tertiary/aromatic N) is 3. The van der Waals surface area contributed by atoms with Crippen molar-refractivity contribution in [1.82, 2.24) is 9.97 Å². The zero-order chi connectivity index (χ0) is 15.5. The first-order valence-corrected chi connectivity index (χ1v) is 7.29. The number of fused-ring (bicyclic) bond motifs is 1. The maximum absolute atomic E-state index is 11.0. The van der Waals surface area contributed by atoms with Crippen LogP contribution in [0.5, 0.6) is 0 Å². The Bertz CT molecular complexity index is 854. The molecule has 110 valence electrons. The van der Waals surface area contributed by atoms with Crippen molar-refractivity contribution in [3.63, 3.8) is 0 Å². The number of anilines is 1. The minimum absolute atomic E-state index is 0.0336. The van der Waals surface area contributed by atoms with Gasteiger partial charge in [-0.3, -0.25) is 20.1 Å². The van der Waals surface area contributed by atoms with E-state index in [2.05, 4.69) is 31.2 Å². The molecule has 1 N–H and O–H groups in total. The Morgan fingerprint density at radius 3 is 2.86 bits per heavy atom. The lowest BCUT2D eigenvalue weighted by Crippen LogP contribution is -2.03. The van der Waals surface area contributed by atoms with Gasteiger partial charge in [-0.15, -0.1) is 0 Å². The van der Waals surface area contributed by atoms with E-state index in [1.54, 1.807) is 18.5 Å². The van der Waals surface area contributed by atoms with Crippen molar-refractivity contribution >= 4 is 38.1 Å². The van der Waals surface area contributed by atoms with Crippen molar-refractivity contribution in [3.05, 3.63) is 69.2 Å². The molecule has 2 aromatic heterocycles. The molecule has 0 saturated heterocycles. The summed E-state index contributed by atoms with van der Waals surface area (Å²) < 4.78 is 0.918. The Morgan fingerprint density at radius 1 is 1.18 bits per heavy atom. The highest BCUT2D eigenvalue weighted by atomic mass is 79.9. The monoisotopic (exact) mass is 358 g/mol. The van der Waals surface area contributed by atoms with Crippen LogP contribution in [-0.4, -0.2) is 14.9 Å². The largest absolute Gasteiger partial charge is 0.375 e. The third-order valence-electron chi connectivity index (χ3n) is 3.26. The highest BCUT2D eigenvalue weighted by Gasteiger charge is 2.12. The first-order valence-electron chi connectivity index (χ1n) is 6.49. The first kappa shape index (κ1) is 14.4. The highest BCUT2D eigenvalue weighted by Crippen LogP contribution is 2.25. The van der Waals surface area contributed by atoms with E-state index in [1.807, 2.05) is 18.2 Å². The fourth-order valence-corrected chi connectivity index (χ4v) is 2.63. The zero-order valence-electron chi connectivity index (χ0n) is 11.4. The van der Waals surface area contributed by atoms with Gasteiger partial charge in [-0.05, 0) is 39.0 Å². The molecule has 0 fully saturated rings. The molecule has 0 radical (unpaired) electrons. The molecular weight excluding hydrogens is 348 g/mol. The maximum atomic E-state index is 11.0. The minimum atomic E-state index is -0.446. The second kappa shape index (κ2) is 6.07. The molecule has 0 spiro atoms. The van der Waals surface area contributed by atoms with Gasteiger partial charge in [0.15, 0.2) is 0 Å². The van der Waals surface area contributed by atoms with Gasteiger partial charge in [-0.2, -0.15) is 0 Å². The van der Waals surface area contributed by atoms with Gasteiger partial charge in [0.1, 0.15) is 11.9 Å². The summed E-state index contributed by atoms with van der Waals surface area (Å²) in [7, 11) is 0. The van der Waals surface area contributed by atoms with Crippen molar-refractivity contribution in [3.8, 4) is 0 Å². The molecular formula is C15H11BrN4O2. The van der Waals surface area contributed by atoms with Crippen LogP contribution in [0.4, 0.5) is 11.4 Å². The molecule has 0 aliphatic rings. The third kappa shape index (κ3) is 2.89. The van der Waals surface area contributed by atoms with Gasteiger partial charge in [0.05, 0.1) is 4.92 Å². The van der Waals surface area contributed by atoms with E-state index in [-0.39, 0.29) is 5.69 Å². The van der Waals surface area contributed by atoms with Crippen molar-refractivity contribution < 1.29 is 4.92 Å². The summed E-state index contributed by atoms with van der Waals surface area (Å²) in [5.74, 6) is 0. The number of hydrogen-bond donors (Lipinski definition) is 1. The highest BCUT2D eigenvalue weighted by molar-refractivity contribution is 9.10. The molecule has 22 heavy (non-hydrogen) atoms. The number of pyridine rings is 2. The molecule has 0 unspecified atom stereocenters. The number of aromatic nitrogens is 2. The summed E-state index contributed by atoms with van der Waals surface area (Å²) in [6, 6.07) is 7.57. The second-order valence-corrected chi connectivity index (χ2v) is 5.53. The van der Waals surface area contributed by atoms with E-state index in [1.165, 1.54) is 12.4 Å². The van der Waals surface area contributed by atoms with Gasteiger partial charge < -0.3 is 5.32 Å². The standard InChI is InChI=1S/C15H11BrN4O2/c16-13-8-18-7-11-2-1-10(5-12(11)13)6-19-14-3-4-17-9-15(14)20(21)22/h1-5,7-9H,6H2,(H,17,19). The van der Waals surface area contributed by atoms with Crippen LogP contribution in [0.15, 0.2) is 53.5 Å². The fraction of sp³-hybridized carbons (Fsp3) is 0.0667. The lowest BCUT2D eigenvalue weighted by molar-refractivity contribution is -0.384. The number of hydrogen-bond acceptors (Lipinski definition) is 5. The van der Waals surface area contributed by atoms with Crippen molar-refractivity contribution in [2.75, 3.05) is 5.32 Å². The fourth-order valence-electron chi connectivity index (χ4n) is 2.16. The van der Waals surface area contributed by atoms with Crippen LogP contribution in [0.25, 0.3) is 10.8 Å². The predicted molar refractivity (Wildman–Crippen MR) is 87.7 cm³/mol. The summed E-state index contributed by atoms with van der Waals surface area (Å²) in [4.78, 5) is 18.4. The van der Waals surface area contributed by atoms with E-state index in [4.69, 9.17) is 0 Å². The summed E-state index contributed by atoms with van der Waals surface area (Å²) in [5, 5.41) is 16.1. The van der Waals surface area contributed by atoms with Gasteiger partial charge in [-0.1, -0.05) is 12.1 Å². The summed E-state index contributed by atoms with van der Waals surface area (Å²) in [6.07, 6.45) is 6.31. The number of benzene rings is 1. The van der Waals surface area contributed by atoms with E-state index in [0.29, 0.717) is 12.2 Å². The van der Waals surface area contributed by atoms with Crippen LogP contribution < -0.4 is 5.32 Å². The smallest absolute Gasteiger partial charge is 0.310 e. The predicted octanol–water partition coefficient (Wildman–Crippen LogP) is 3.91. The summed E-state index contributed by atoms with van der Waals surface area (Å²) in [6.45, 7) is 0.482. The Morgan fingerprint density at radius 2 is 2.05 bits per heavy atom. The van der Waals surface area contributed by atoms with Crippen LogP contribution in [-0.2, 0) is 6.54 Å². The summed E-state index contributed by atoms with van der Waals surface area (Å²) >= 11 is 3.48. The molecule has 6 nitrogen and oxygen atoms in total. The minimum Gasteiger partial charge on any atom is -0.375 e. The van der Waals surface area contributed by atoms with Gasteiger partial charge in [-0.25, -0.2) is 0 Å². The van der Waals surface area contributed by atoms with E-state index in [9.17, 15) is 10.1 Å². The average molecular weight is 359 g/mol.